The number of tetrazole rings is 1. The normalized spacial score (nSPS) is 17.2. The van der Waals surface area contributed by atoms with Crippen LogP contribution in [0.2, 0.25) is 5.02 Å². The number of carbonyl (C=O) groups is 1. The fourth-order valence-electron chi connectivity index (χ4n) is 3.04. The first kappa shape index (κ1) is 16.2. The number of nitrogens with zero attached hydrogens (tertiary/aromatic N) is 5. The molecule has 1 aromatic carbocycles. The third-order valence-corrected chi connectivity index (χ3v) is 5.45. The summed E-state index contributed by atoms with van der Waals surface area (Å²) in [5, 5.41) is 13.4. The molecule has 0 radical (unpaired) electrons. The minimum absolute atomic E-state index is 0.0414. The molecule has 0 spiro atoms. The van der Waals surface area contributed by atoms with Crippen molar-refractivity contribution in [1.29, 1.82) is 0 Å². The smallest absolute Gasteiger partial charge is 0.264 e. The van der Waals surface area contributed by atoms with Gasteiger partial charge in [0.15, 0.2) is 5.82 Å². The minimum atomic E-state index is -0.136. The van der Waals surface area contributed by atoms with E-state index in [1.807, 2.05) is 36.1 Å². The molecule has 8 heteroatoms. The Labute approximate surface area is 154 Å². The zero-order valence-electron chi connectivity index (χ0n) is 13.6. The summed E-state index contributed by atoms with van der Waals surface area (Å²) in [6.07, 6.45) is 1.78. The van der Waals surface area contributed by atoms with E-state index in [1.165, 1.54) is 16.1 Å². The van der Waals surface area contributed by atoms with E-state index in [0.717, 1.165) is 28.3 Å². The van der Waals surface area contributed by atoms with E-state index in [4.69, 9.17) is 11.6 Å². The van der Waals surface area contributed by atoms with E-state index < -0.39 is 0 Å². The second-order valence-electron chi connectivity index (χ2n) is 5.98. The summed E-state index contributed by atoms with van der Waals surface area (Å²) in [4.78, 5) is 18.0. The van der Waals surface area contributed by atoms with Crippen LogP contribution in [0.4, 0.5) is 0 Å². The largest absolute Gasteiger partial charge is 0.328 e. The molecule has 1 fully saturated rings. The van der Waals surface area contributed by atoms with Crippen LogP contribution in [-0.4, -0.2) is 37.6 Å². The lowest BCUT2D eigenvalue weighted by Gasteiger charge is -2.21. The minimum Gasteiger partial charge on any atom is -0.328 e. The van der Waals surface area contributed by atoms with Crippen LogP contribution in [-0.2, 0) is 0 Å². The highest BCUT2D eigenvalue weighted by Crippen LogP contribution is 2.32. The Morgan fingerprint density at radius 3 is 2.96 bits per heavy atom. The van der Waals surface area contributed by atoms with E-state index in [0.29, 0.717) is 17.4 Å². The van der Waals surface area contributed by atoms with Crippen molar-refractivity contribution in [1.82, 2.24) is 25.1 Å². The van der Waals surface area contributed by atoms with E-state index in [9.17, 15) is 4.79 Å². The van der Waals surface area contributed by atoms with Gasteiger partial charge in [-0.2, -0.15) is 0 Å². The number of amides is 1. The number of aromatic nitrogens is 4. The molecule has 1 saturated heterocycles. The maximum atomic E-state index is 12.8. The van der Waals surface area contributed by atoms with Gasteiger partial charge in [-0.15, -0.1) is 26.3 Å². The summed E-state index contributed by atoms with van der Waals surface area (Å²) in [6.45, 7) is 2.72. The molecule has 1 aliphatic rings. The van der Waals surface area contributed by atoms with E-state index in [2.05, 4.69) is 15.4 Å². The Kier molecular flexibility index (Phi) is 4.27. The molecule has 4 rings (SSSR count). The number of hydrogen-bond acceptors (Lipinski definition) is 5. The van der Waals surface area contributed by atoms with Crippen LogP contribution < -0.4 is 0 Å². The van der Waals surface area contributed by atoms with Gasteiger partial charge in [-0.25, -0.2) is 0 Å². The van der Waals surface area contributed by atoms with E-state index >= 15 is 0 Å². The van der Waals surface area contributed by atoms with Gasteiger partial charge in [0.2, 0.25) is 0 Å². The molecule has 6 nitrogen and oxygen atoms in total. The summed E-state index contributed by atoms with van der Waals surface area (Å²) < 4.78 is 0. The maximum Gasteiger partial charge on any atom is 0.264 e. The predicted octanol–water partition coefficient (Wildman–Crippen LogP) is 3.66. The van der Waals surface area contributed by atoms with Gasteiger partial charge < -0.3 is 4.90 Å². The first-order valence-electron chi connectivity index (χ1n) is 8.05. The monoisotopic (exact) mass is 373 g/mol. The molecule has 0 aliphatic carbocycles. The highest BCUT2D eigenvalue weighted by atomic mass is 35.5. The number of carbonyl (C=O) groups excluding carboxylic acids is 1. The maximum absolute atomic E-state index is 12.8. The van der Waals surface area contributed by atoms with Gasteiger partial charge >= 0.3 is 0 Å². The summed E-state index contributed by atoms with van der Waals surface area (Å²) in [6, 6.07) is 11.0. The second kappa shape index (κ2) is 6.57. The first-order chi connectivity index (χ1) is 12.1. The number of rotatable bonds is 3. The van der Waals surface area contributed by atoms with Crippen LogP contribution in [0, 0.1) is 6.92 Å². The number of thiophene rings is 1. The first-order valence-corrected chi connectivity index (χ1v) is 9.24. The van der Waals surface area contributed by atoms with Gasteiger partial charge in [-0.3, -0.25) is 4.79 Å². The number of likely N-dealkylation sites (tertiary alicyclic amines) is 1. The fraction of sp³-hybridized carbons (Fsp3) is 0.294. The van der Waals surface area contributed by atoms with Crippen LogP contribution in [0.15, 0.2) is 36.4 Å². The molecule has 1 aliphatic heterocycles. The van der Waals surface area contributed by atoms with Crippen molar-refractivity contribution in [2.75, 3.05) is 6.54 Å². The Morgan fingerprint density at radius 1 is 1.32 bits per heavy atom. The van der Waals surface area contributed by atoms with Gasteiger partial charge in [-0.1, -0.05) is 17.7 Å². The molecule has 1 unspecified atom stereocenters. The third-order valence-electron chi connectivity index (χ3n) is 4.23. The Bertz CT molecular complexity index is 921. The van der Waals surface area contributed by atoms with Crippen LogP contribution in [0.5, 0.6) is 0 Å². The molecule has 3 heterocycles. The molecule has 0 N–H and O–H groups in total. The van der Waals surface area contributed by atoms with Gasteiger partial charge in [-0.05, 0) is 55.3 Å². The quantitative estimate of drug-likeness (QED) is 0.702. The van der Waals surface area contributed by atoms with Crippen LogP contribution in [0.1, 0.15) is 39.3 Å². The van der Waals surface area contributed by atoms with Gasteiger partial charge in [0, 0.05) is 16.4 Å². The van der Waals surface area contributed by atoms with Crippen molar-refractivity contribution in [3.05, 3.63) is 57.0 Å². The van der Waals surface area contributed by atoms with Crippen molar-refractivity contribution in [3.8, 4) is 5.69 Å². The summed E-state index contributed by atoms with van der Waals surface area (Å²) in [5.41, 5.74) is 0.746. The van der Waals surface area contributed by atoms with Gasteiger partial charge in [0.1, 0.15) is 0 Å². The third kappa shape index (κ3) is 3.17. The van der Waals surface area contributed by atoms with Crippen molar-refractivity contribution in [2.45, 2.75) is 25.8 Å². The lowest BCUT2D eigenvalue weighted by Crippen LogP contribution is -2.30. The van der Waals surface area contributed by atoms with Crippen LogP contribution in [0.3, 0.4) is 0 Å². The summed E-state index contributed by atoms with van der Waals surface area (Å²) in [7, 11) is 0. The lowest BCUT2D eigenvalue weighted by molar-refractivity contribution is 0.0734. The molecule has 2 aromatic heterocycles. The number of aryl methyl sites for hydroxylation is 1. The van der Waals surface area contributed by atoms with Crippen molar-refractivity contribution >= 4 is 28.8 Å². The van der Waals surface area contributed by atoms with E-state index in [-0.39, 0.29) is 11.9 Å². The number of benzene rings is 1. The SMILES string of the molecule is Cc1ccc(C(=O)N2CCCC2c2nnn(-c3cccc(Cl)c3)n2)s1. The van der Waals surface area contributed by atoms with Gasteiger partial charge in [0.25, 0.3) is 5.91 Å². The highest BCUT2D eigenvalue weighted by Gasteiger charge is 2.34. The summed E-state index contributed by atoms with van der Waals surface area (Å²) in [5.74, 6) is 0.610. The molecule has 128 valence electrons. The zero-order valence-corrected chi connectivity index (χ0v) is 15.2. The lowest BCUT2D eigenvalue weighted by atomic mass is 10.2. The van der Waals surface area contributed by atoms with Crippen LogP contribution >= 0.6 is 22.9 Å². The molecule has 1 amide bonds. The standard InChI is InChI=1S/C17H16ClN5OS/c1-11-7-8-15(25-11)17(24)22-9-3-6-14(22)16-19-21-23(20-16)13-5-2-4-12(18)10-13/h2,4-5,7-8,10,14H,3,6,9H2,1H3. The molecule has 0 bridgehead atoms. The highest BCUT2D eigenvalue weighted by molar-refractivity contribution is 7.13. The number of hydrogen-bond donors (Lipinski definition) is 0. The second-order valence-corrected chi connectivity index (χ2v) is 7.71. The molecule has 0 saturated carbocycles. The molecule has 25 heavy (non-hydrogen) atoms. The van der Waals surface area contributed by atoms with Gasteiger partial charge in [0.05, 0.1) is 16.6 Å². The predicted molar refractivity (Wildman–Crippen MR) is 96.2 cm³/mol. The topological polar surface area (TPSA) is 63.9 Å². The molecular weight excluding hydrogens is 358 g/mol. The average Bonchev–Trinajstić information content (AvgIpc) is 3.34. The number of halogens is 1. The van der Waals surface area contributed by atoms with Crippen molar-refractivity contribution in [3.63, 3.8) is 0 Å². The van der Waals surface area contributed by atoms with Crippen LogP contribution in [0.25, 0.3) is 5.69 Å². The molecule has 3 aromatic rings. The Hall–Kier alpha value is -2.25. The van der Waals surface area contributed by atoms with Crippen molar-refractivity contribution in [2.24, 2.45) is 0 Å². The Balaban J connectivity index is 1.60. The van der Waals surface area contributed by atoms with Crippen molar-refractivity contribution < 1.29 is 4.79 Å². The molecule has 1 atom stereocenters. The fourth-order valence-corrected chi connectivity index (χ4v) is 4.05. The average molecular weight is 374 g/mol. The molecular formula is C17H16ClN5OS. The van der Waals surface area contributed by atoms with E-state index in [1.54, 1.807) is 12.1 Å². The zero-order chi connectivity index (χ0) is 17.4. The summed E-state index contributed by atoms with van der Waals surface area (Å²) >= 11 is 7.54. The Morgan fingerprint density at radius 2 is 2.20 bits per heavy atom.